The molecule has 0 spiro atoms. The van der Waals surface area contributed by atoms with E-state index < -0.39 is 24.1 Å². The van der Waals surface area contributed by atoms with E-state index in [0.29, 0.717) is 24.0 Å². The highest BCUT2D eigenvalue weighted by molar-refractivity contribution is 9.10. The maximum absolute atomic E-state index is 13.1. The zero-order chi connectivity index (χ0) is 29.9. The molecule has 0 aromatic heterocycles. The summed E-state index contributed by atoms with van der Waals surface area (Å²) in [4.78, 5) is 38.0. The van der Waals surface area contributed by atoms with E-state index in [4.69, 9.17) is 14.2 Å². The largest absolute Gasteiger partial charge is 0.462 e. The van der Waals surface area contributed by atoms with Gasteiger partial charge in [0, 0.05) is 33.6 Å². The first-order chi connectivity index (χ1) is 20.3. The molecule has 1 heterocycles. The normalized spacial score (nSPS) is 21.6. The number of hydrogen-bond donors (Lipinski definition) is 0. The van der Waals surface area contributed by atoms with Crippen LogP contribution in [0, 0.1) is 11.8 Å². The molecule has 0 unspecified atom stereocenters. The number of ether oxygens (including phenoxy) is 3. The Labute approximate surface area is 265 Å². The Hall–Kier alpha value is -2.71. The van der Waals surface area contributed by atoms with E-state index in [1.165, 1.54) is 6.42 Å². The van der Waals surface area contributed by atoms with Crippen LogP contribution in [0.1, 0.15) is 85.4 Å². The van der Waals surface area contributed by atoms with Crippen molar-refractivity contribution in [2.45, 2.75) is 83.0 Å². The number of hydrogen-bond acceptors (Lipinski definition) is 6. The maximum atomic E-state index is 13.1. The lowest BCUT2D eigenvalue weighted by molar-refractivity contribution is -0.155. The van der Waals surface area contributed by atoms with Crippen LogP contribution in [0.5, 0.6) is 0 Å². The maximum Gasteiger partial charge on any atom is 0.338 e. The Morgan fingerprint density at radius 1 is 0.929 bits per heavy atom. The number of rotatable bonds is 14. The van der Waals surface area contributed by atoms with Gasteiger partial charge in [0.2, 0.25) is 0 Å². The van der Waals surface area contributed by atoms with Crippen molar-refractivity contribution < 1.29 is 28.6 Å². The molecule has 1 aliphatic carbocycles. The molecule has 8 heteroatoms. The molecular formula is C34H38Br2O6. The van der Waals surface area contributed by atoms with Crippen molar-refractivity contribution in [3.8, 4) is 0 Å². The van der Waals surface area contributed by atoms with E-state index in [1.807, 2.05) is 18.2 Å². The molecule has 4 rings (SSSR count). The summed E-state index contributed by atoms with van der Waals surface area (Å²) in [6.07, 6.45) is 14.4. The fourth-order valence-corrected chi connectivity index (χ4v) is 5.70. The molecule has 0 amide bonds. The molecule has 5 atom stereocenters. The van der Waals surface area contributed by atoms with Crippen LogP contribution in [0.4, 0.5) is 0 Å². The molecule has 2 aromatic rings. The van der Waals surface area contributed by atoms with Crippen LogP contribution >= 0.6 is 31.9 Å². The zero-order valence-corrected chi connectivity index (χ0v) is 27.1. The smallest absolute Gasteiger partial charge is 0.338 e. The van der Waals surface area contributed by atoms with Gasteiger partial charge in [-0.05, 0) is 92.8 Å². The Morgan fingerprint density at radius 3 is 2.19 bits per heavy atom. The van der Waals surface area contributed by atoms with Gasteiger partial charge < -0.3 is 14.2 Å². The third-order valence-electron chi connectivity index (χ3n) is 7.63. The summed E-state index contributed by atoms with van der Waals surface area (Å²) in [5.74, 6) is -0.865. The number of carbonyl (C=O) groups is 3. The van der Waals surface area contributed by atoms with Crippen molar-refractivity contribution in [3.63, 3.8) is 0 Å². The zero-order valence-electron chi connectivity index (χ0n) is 23.9. The average Bonchev–Trinajstić information content (AvgIpc) is 3.78. The molecule has 1 saturated heterocycles. The predicted octanol–water partition coefficient (Wildman–Crippen LogP) is 8.78. The second-order valence-electron chi connectivity index (χ2n) is 10.9. The SMILES string of the molecule is CCCCC/C=C\C[C@@H](/C=C/[C@H](OC(=O)c1ccc(Br)cc1)[C@H]1C[C@@H]1[C@H]1CCCC(=O)O1)OC(=O)c1ccc(Br)cc1. The quantitative estimate of drug-likeness (QED) is 0.0848. The van der Waals surface area contributed by atoms with Crippen molar-refractivity contribution in [2.24, 2.45) is 11.8 Å². The van der Waals surface area contributed by atoms with Crippen LogP contribution < -0.4 is 0 Å². The molecule has 1 saturated carbocycles. The van der Waals surface area contributed by atoms with Gasteiger partial charge in [-0.15, -0.1) is 0 Å². The molecule has 0 bridgehead atoms. The van der Waals surface area contributed by atoms with Crippen LogP contribution in [-0.4, -0.2) is 36.2 Å². The number of esters is 3. The van der Waals surface area contributed by atoms with Crippen LogP contribution in [-0.2, 0) is 19.0 Å². The fraction of sp³-hybridized carbons (Fsp3) is 0.441. The molecule has 2 aromatic carbocycles. The van der Waals surface area contributed by atoms with Gasteiger partial charge in [0.15, 0.2) is 0 Å². The van der Waals surface area contributed by atoms with Crippen LogP contribution in [0.25, 0.3) is 0 Å². The van der Waals surface area contributed by atoms with Gasteiger partial charge >= 0.3 is 17.9 Å². The van der Waals surface area contributed by atoms with Crippen LogP contribution in [0.15, 0.2) is 81.8 Å². The van der Waals surface area contributed by atoms with Crippen molar-refractivity contribution in [1.29, 1.82) is 0 Å². The lowest BCUT2D eigenvalue weighted by Gasteiger charge is -2.24. The minimum absolute atomic E-state index is 0.0176. The van der Waals surface area contributed by atoms with Gasteiger partial charge in [0.25, 0.3) is 0 Å². The summed E-state index contributed by atoms with van der Waals surface area (Å²) in [7, 11) is 0. The van der Waals surface area contributed by atoms with Crippen molar-refractivity contribution in [2.75, 3.05) is 0 Å². The number of unbranched alkanes of at least 4 members (excludes halogenated alkanes) is 3. The van der Waals surface area contributed by atoms with Crippen LogP contribution in [0.3, 0.4) is 0 Å². The monoisotopic (exact) mass is 700 g/mol. The molecular weight excluding hydrogens is 664 g/mol. The van der Waals surface area contributed by atoms with E-state index in [-0.39, 0.29) is 23.9 Å². The Morgan fingerprint density at radius 2 is 1.57 bits per heavy atom. The molecule has 6 nitrogen and oxygen atoms in total. The molecule has 0 N–H and O–H groups in total. The molecule has 224 valence electrons. The topological polar surface area (TPSA) is 78.9 Å². The van der Waals surface area contributed by atoms with E-state index >= 15 is 0 Å². The first kappa shape index (κ1) is 32.2. The average molecular weight is 702 g/mol. The second kappa shape index (κ2) is 16.2. The summed E-state index contributed by atoms with van der Waals surface area (Å²) in [5, 5.41) is 0. The molecule has 0 radical (unpaired) electrons. The third-order valence-corrected chi connectivity index (χ3v) is 8.69. The summed E-state index contributed by atoms with van der Waals surface area (Å²) >= 11 is 6.80. The van der Waals surface area contributed by atoms with Gasteiger partial charge in [0.1, 0.15) is 18.3 Å². The highest BCUT2D eigenvalue weighted by atomic mass is 79.9. The highest BCUT2D eigenvalue weighted by Crippen LogP contribution is 2.48. The fourth-order valence-electron chi connectivity index (χ4n) is 5.17. The highest BCUT2D eigenvalue weighted by Gasteiger charge is 2.50. The first-order valence-electron chi connectivity index (χ1n) is 14.8. The predicted molar refractivity (Wildman–Crippen MR) is 169 cm³/mol. The van der Waals surface area contributed by atoms with Crippen molar-refractivity contribution >= 4 is 49.8 Å². The molecule has 42 heavy (non-hydrogen) atoms. The molecule has 2 fully saturated rings. The van der Waals surface area contributed by atoms with Gasteiger partial charge in [-0.2, -0.15) is 0 Å². The van der Waals surface area contributed by atoms with Crippen LogP contribution in [0.2, 0.25) is 0 Å². The second-order valence-corrected chi connectivity index (χ2v) is 12.7. The Kier molecular flexibility index (Phi) is 12.4. The minimum atomic E-state index is -0.547. The lowest BCUT2D eigenvalue weighted by atomic mass is 10.0. The number of allylic oxidation sites excluding steroid dienone is 1. The standard InChI is InChI=1S/C34H38Br2O6/c1-2-3-4-5-6-7-9-27(40-33(38)23-12-16-25(35)17-13-23)20-21-31(42-34(39)24-14-18-26(36)19-15-24)29-22-28(29)30-10-8-11-32(37)41-30/h6-7,12-21,27-31H,2-5,8-11,22H2,1H3/b7-6-,21-20+/t27-,28-,29-,30+,31-/m0/s1. The van der Waals surface area contributed by atoms with Gasteiger partial charge in [-0.1, -0.05) is 63.8 Å². The van der Waals surface area contributed by atoms with Gasteiger partial charge in [0.05, 0.1) is 11.1 Å². The van der Waals surface area contributed by atoms with Gasteiger partial charge in [-0.3, -0.25) is 4.79 Å². The summed E-state index contributed by atoms with van der Waals surface area (Å²) < 4.78 is 19.3. The summed E-state index contributed by atoms with van der Waals surface area (Å²) in [5.41, 5.74) is 0.911. The summed E-state index contributed by atoms with van der Waals surface area (Å²) in [6, 6.07) is 14.1. The Bertz CT molecular complexity index is 1250. The Balaban J connectivity index is 1.50. The first-order valence-corrected chi connectivity index (χ1v) is 16.4. The van der Waals surface area contributed by atoms with E-state index in [0.717, 1.165) is 47.5 Å². The number of benzene rings is 2. The number of halogens is 2. The minimum Gasteiger partial charge on any atom is -0.462 e. The summed E-state index contributed by atoms with van der Waals surface area (Å²) in [6.45, 7) is 2.18. The number of cyclic esters (lactones) is 1. The van der Waals surface area contributed by atoms with Crippen molar-refractivity contribution in [1.82, 2.24) is 0 Å². The third kappa shape index (κ3) is 9.94. The molecule has 2 aliphatic rings. The lowest BCUT2D eigenvalue weighted by Crippen LogP contribution is -2.28. The van der Waals surface area contributed by atoms with E-state index in [2.05, 4.69) is 44.9 Å². The molecule has 1 aliphatic heterocycles. The number of carbonyl (C=O) groups excluding carboxylic acids is 3. The van der Waals surface area contributed by atoms with E-state index in [9.17, 15) is 14.4 Å². The van der Waals surface area contributed by atoms with E-state index in [1.54, 1.807) is 48.5 Å². The van der Waals surface area contributed by atoms with Crippen molar-refractivity contribution in [3.05, 3.63) is 92.9 Å². The van der Waals surface area contributed by atoms with Gasteiger partial charge in [-0.25, -0.2) is 9.59 Å².